The molecule has 4 bridgehead atoms. The molecule has 0 radical (unpaired) electrons. The summed E-state index contributed by atoms with van der Waals surface area (Å²) in [4.78, 5) is 13.6. The van der Waals surface area contributed by atoms with Crippen molar-refractivity contribution in [2.75, 3.05) is 4.90 Å². The lowest BCUT2D eigenvalue weighted by Gasteiger charge is -2.57. The molecule has 2 saturated carbocycles. The first-order valence-corrected chi connectivity index (χ1v) is 19.6. The average molecular weight is 698 g/mol. The van der Waals surface area contributed by atoms with Gasteiger partial charge in [-0.05, 0) is 110 Å². The average Bonchev–Trinajstić information content (AvgIpc) is 3.74. The normalized spacial score (nSPS) is 20.6. The van der Waals surface area contributed by atoms with Crippen molar-refractivity contribution in [3.05, 3.63) is 152 Å². The van der Waals surface area contributed by atoms with E-state index >= 15 is 0 Å². The highest BCUT2D eigenvalue weighted by atomic mass is 15.2. The van der Waals surface area contributed by atoms with Gasteiger partial charge in [0.25, 0.3) is 0 Å². The highest BCUT2D eigenvalue weighted by molar-refractivity contribution is 6.11. The third-order valence-electron chi connectivity index (χ3n) is 12.8. The largest absolute Gasteiger partial charge is 0.366 e. The lowest BCUT2D eigenvalue weighted by Crippen LogP contribution is -2.58. The van der Waals surface area contributed by atoms with Crippen LogP contribution in [0.5, 0.6) is 0 Å². The summed E-state index contributed by atoms with van der Waals surface area (Å²) in [5, 5.41) is 4.85. The number of rotatable bonds is 5. The number of benzene rings is 6. The molecule has 6 aromatic carbocycles. The van der Waals surface area contributed by atoms with Gasteiger partial charge in [0, 0.05) is 50.9 Å². The Bertz CT molecular complexity index is 2820. The Balaban J connectivity index is 1.07. The summed E-state index contributed by atoms with van der Waals surface area (Å²) < 4.78 is 4.64. The summed E-state index contributed by atoms with van der Waals surface area (Å²) in [6, 6.07) is 56.2. The van der Waals surface area contributed by atoms with Gasteiger partial charge in [0.05, 0.1) is 22.1 Å². The van der Waals surface area contributed by atoms with Crippen molar-refractivity contribution in [3.63, 3.8) is 0 Å². The maximum atomic E-state index is 5.44. The van der Waals surface area contributed by atoms with E-state index in [0.717, 1.165) is 56.9 Å². The zero-order valence-corrected chi connectivity index (χ0v) is 30.0. The Labute approximate surface area is 314 Å². The van der Waals surface area contributed by atoms with Crippen LogP contribution in [0.3, 0.4) is 0 Å². The third-order valence-corrected chi connectivity index (χ3v) is 12.8. The number of fused-ring (bicyclic) bond motifs is 6. The number of para-hydroxylation sites is 3. The van der Waals surface area contributed by atoms with Gasteiger partial charge < -0.3 is 4.90 Å². The summed E-state index contributed by atoms with van der Waals surface area (Å²) in [6.07, 6.45) is 6.88. The molecule has 13 rings (SSSR count). The highest BCUT2D eigenvalue weighted by Crippen LogP contribution is 2.50. The third kappa shape index (κ3) is 4.57. The van der Waals surface area contributed by atoms with Crippen molar-refractivity contribution in [2.24, 2.45) is 11.8 Å². The molecule has 5 heteroatoms. The number of piperidine rings is 2. The van der Waals surface area contributed by atoms with Gasteiger partial charge in [-0.15, -0.1) is 0 Å². The summed E-state index contributed by atoms with van der Waals surface area (Å²) in [5.41, 5.74) is 9.31. The standard InChI is InChI=1S/C49H39N5/c1-2-10-33(11-3-1)35-20-23-46-42(29-35)41-14-6-9-17-45(41)54(46)48-30-47(53-43-15-7-4-12-39(43)40-13-5-8-16-44(40)53)50-49(51-48)34-18-21-36(22-19-34)52-37-25-31-24-32(27-37)28-38(52)26-31/h1-23,29-32,37-38H,24-28H2. The number of hydrogen-bond donors (Lipinski definition) is 0. The molecule has 2 aliphatic heterocycles. The molecule has 2 aliphatic carbocycles. The van der Waals surface area contributed by atoms with Crippen molar-refractivity contribution in [1.82, 2.24) is 19.1 Å². The zero-order valence-electron chi connectivity index (χ0n) is 30.0. The Morgan fingerprint density at radius 1 is 0.389 bits per heavy atom. The molecule has 0 N–H and O–H groups in total. The minimum Gasteiger partial charge on any atom is -0.366 e. The van der Waals surface area contributed by atoms with Gasteiger partial charge in [-0.3, -0.25) is 9.13 Å². The van der Waals surface area contributed by atoms with Gasteiger partial charge in [-0.25, -0.2) is 9.97 Å². The number of aromatic nitrogens is 4. The molecule has 0 spiro atoms. The first-order valence-electron chi connectivity index (χ1n) is 19.6. The number of nitrogens with zero attached hydrogens (tertiary/aromatic N) is 5. The predicted molar refractivity (Wildman–Crippen MR) is 222 cm³/mol. The molecule has 0 atom stereocenters. The summed E-state index contributed by atoms with van der Waals surface area (Å²) in [6.45, 7) is 0. The molecule has 4 aliphatic rings. The van der Waals surface area contributed by atoms with Crippen LogP contribution >= 0.6 is 0 Å². The van der Waals surface area contributed by atoms with Crippen LogP contribution < -0.4 is 4.90 Å². The van der Waals surface area contributed by atoms with Gasteiger partial charge in [0.15, 0.2) is 5.82 Å². The van der Waals surface area contributed by atoms with E-state index in [1.54, 1.807) is 0 Å². The van der Waals surface area contributed by atoms with Gasteiger partial charge >= 0.3 is 0 Å². The van der Waals surface area contributed by atoms with Crippen LogP contribution in [0.4, 0.5) is 5.69 Å². The smallest absolute Gasteiger partial charge is 0.163 e. The van der Waals surface area contributed by atoms with Crippen molar-refractivity contribution in [1.29, 1.82) is 0 Å². The monoisotopic (exact) mass is 697 g/mol. The summed E-state index contributed by atoms with van der Waals surface area (Å²) >= 11 is 0. The van der Waals surface area contributed by atoms with E-state index in [9.17, 15) is 0 Å². The van der Waals surface area contributed by atoms with Crippen molar-refractivity contribution >= 4 is 49.3 Å². The lowest BCUT2D eigenvalue weighted by molar-refractivity contribution is 0.0900. The lowest BCUT2D eigenvalue weighted by atomic mass is 9.63. The van der Waals surface area contributed by atoms with Crippen molar-refractivity contribution < 1.29 is 0 Å². The molecule has 3 aromatic heterocycles. The molecular weight excluding hydrogens is 659 g/mol. The van der Waals surface area contributed by atoms with Crippen LogP contribution in [-0.2, 0) is 0 Å². The molecule has 54 heavy (non-hydrogen) atoms. The number of hydrogen-bond acceptors (Lipinski definition) is 3. The van der Waals surface area contributed by atoms with E-state index in [0.29, 0.717) is 12.1 Å². The first-order chi connectivity index (χ1) is 26.7. The first kappa shape index (κ1) is 30.3. The van der Waals surface area contributed by atoms with Crippen LogP contribution in [0.2, 0.25) is 0 Å². The molecule has 260 valence electrons. The van der Waals surface area contributed by atoms with Crippen LogP contribution in [0.15, 0.2) is 152 Å². The molecule has 0 unspecified atom stereocenters. The second-order valence-electron chi connectivity index (χ2n) is 15.9. The minimum absolute atomic E-state index is 0.686. The maximum absolute atomic E-state index is 5.44. The Morgan fingerprint density at radius 3 is 1.44 bits per heavy atom. The fraction of sp³-hybridized carbons (Fsp3) is 0.184. The summed E-state index contributed by atoms with van der Waals surface area (Å²) in [5.74, 6) is 4.30. The van der Waals surface area contributed by atoms with E-state index in [4.69, 9.17) is 9.97 Å². The van der Waals surface area contributed by atoms with Crippen LogP contribution in [0, 0.1) is 11.8 Å². The Hall–Kier alpha value is -6.20. The van der Waals surface area contributed by atoms with E-state index in [-0.39, 0.29) is 0 Å². The number of anilines is 1. The topological polar surface area (TPSA) is 38.9 Å². The fourth-order valence-electron chi connectivity index (χ4n) is 10.7. The molecule has 9 aromatic rings. The fourth-order valence-corrected chi connectivity index (χ4v) is 10.7. The van der Waals surface area contributed by atoms with E-state index in [2.05, 4.69) is 166 Å². The van der Waals surface area contributed by atoms with E-state index in [1.165, 1.54) is 70.5 Å². The Morgan fingerprint density at radius 2 is 0.870 bits per heavy atom. The van der Waals surface area contributed by atoms with Crippen LogP contribution in [0.1, 0.15) is 32.1 Å². The second-order valence-corrected chi connectivity index (χ2v) is 15.9. The van der Waals surface area contributed by atoms with E-state index < -0.39 is 0 Å². The zero-order chi connectivity index (χ0) is 35.3. The predicted octanol–water partition coefficient (Wildman–Crippen LogP) is 11.8. The minimum atomic E-state index is 0.686. The summed E-state index contributed by atoms with van der Waals surface area (Å²) in [7, 11) is 0. The molecule has 2 saturated heterocycles. The maximum Gasteiger partial charge on any atom is 0.163 e. The second kappa shape index (κ2) is 11.6. The van der Waals surface area contributed by atoms with Gasteiger partial charge in [0.1, 0.15) is 11.6 Å². The molecule has 0 amide bonds. The van der Waals surface area contributed by atoms with Gasteiger partial charge in [0.2, 0.25) is 0 Å². The van der Waals surface area contributed by atoms with Crippen molar-refractivity contribution in [2.45, 2.75) is 44.2 Å². The van der Waals surface area contributed by atoms with Crippen molar-refractivity contribution in [3.8, 4) is 34.2 Å². The molecule has 5 heterocycles. The van der Waals surface area contributed by atoms with Crippen LogP contribution in [0.25, 0.3) is 77.8 Å². The highest BCUT2D eigenvalue weighted by Gasteiger charge is 2.46. The molecule has 4 fully saturated rings. The van der Waals surface area contributed by atoms with Crippen LogP contribution in [-0.4, -0.2) is 31.2 Å². The van der Waals surface area contributed by atoms with Gasteiger partial charge in [-0.2, -0.15) is 0 Å². The molecule has 5 nitrogen and oxygen atoms in total. The van der Waals surface area contributed by atoms with Gasteiger partial charge in [-0.1, -0.05) is 91.0 Å². The van der Waals surface area contributed by atoms with E-state index in [1.807, 2.05) is 0 Å². The molecular formula is C49H39N5. The Kier molecular flexibility index (Phi) is 6.53. The quantitative estimate of drug-likeness (QED) is 0.180. The SMILES string of the molecule is c1ccc(-c2ccc3c(c2)c2ccccc2n3-c2cc(-n3c4ccccc4c4ccccc43)nc(-c3ccc(N4C5CC6CC(C5)CC4C6)cc3)n2)cc1.